The summed E-state index contributed by atoms with van der Waals surface area (Å²) in [4.78, 5) is 11.5. The maximum absolute atomic E-state index is 11.5. The summed E-state index contributed by atoms with van der Waals surface area (Å²) < 4.78 is 0. The highest BCUT2D eigenvalue weighted by molar-refractivity contribution is 6.42. The predicted octanol–water partition coefficient (Wildman–Crippen LogP) is 2.33. The van der Waals surface area contributed by atoms with Crippen molar-refractivity contribution < 1.29 is 4.79 Å². The minimum atomic E-state index is 0.0636. The van der Waals surface area contributed by atoms with Crippen LogP contribution in [-0.4, -0.2) is 18.9 Å². The van der Waals surface area contributed by atoms with E-state index >= 15 is 0 Å². The maximum atomic E-state index is 11.5. The fraction of sp³-hybridized carbons (Fsp3) is 0.250. The third-order valence-electron chi connectivity index (χ3n) is 1.93. The Balaban J connectivity index is 2.50. The van der Waals surface area contributed by atoms with Crippen molar-refractivity contribution >= 4 is 29.0 Å². The monoisotopic (exact) mass is 255 g/mol. The van der Waals surface area contributed by atoms with Crippen LogP contribution >= 0.6 is 23.2 Å². The van der Waals surface area contributed by atoms with Gasteiger partial charge in [0.25, 0.3) is 0 Å². The predicted molar refractivity (Wildman–Crippen MR) is 66.9 cm³/mol. The van der Waals surface area contributed by atoms with E-state index in [-0.39, 0.29) is 12.3 Å². The van der Waals surface area contributed by atoms with Crippen LogP contribution in [-0.2, 0) is 11.2 Å². The van der Waals surface area contributed by atoms with Gasteiger partial charge >= 0.3 is 0 Å². The Labute approximate surface area is 105 Å². The molecular formula is C12H11Cl2NO. The van der Waals surface area contributed by atoms with Crippen molar-refractivity contribution in [1.82, 2.24) is 5.32 Å². The van der Waals surface area contributed by atoms with Crippen molar-refractivity contribution in [2.75, 3.05) is 13.1 Å². The normalized spacial score (nSPS) is 9.81. The van der Waals surface area contributed by atoms with Gasteiger partial charge in [-0.05, 0) is 17.7 Å². The maximum Gasteiger partial charge on any atom is 0.150 e. The second-order valence-electron chi connectivity index (χ2n) is 3.27. The fourth-order valence-electron chi connectivity index (χ4n) is 1.21. The zero-order valence-corrected chi connectivity index (χ0v) is 10.1. The number of carbonyl (C=O) groups excluding carboxylic acids is 1. The summed E-state index contributed by atoms with van der Waals surface area (Å²) in [5, 5.41) is 3.79. The first kappa shape index (κ1) is 13.1. The number of ketones is 1. The van der Waals surface area contributed by atoms with Gasteiger partial charge in [0.2, 0.25) is 0 Å². The van der Waals surface area contributed by atoms with Gasteiger partial charge in [0, 0.05) is 6.42 Å². The van der Waals surface area contributed by atoms with Crippen LogP contribution in [0.1, 0.15) is 5.56 Å². The number of hydrogen-bond acceptors (Lipinski definition) is 2. The van der Waals surface area contributed by atoms with Crippen LogP contribution in [0.4, 0.5) is 0 Å². The average Bonchev–Trinajstić information content (AvgIpc) is 2.24. The largest absolute Gasteiger partial charge is 0.299 e. The summed E-state index contributed by atoms with van der Waals surface area (Å²) in [6, 6.07) is 5.16. The molecule has 1 N–H and O–H groups in total. The van der Waals surface area contributed by atoms with Crippen LogP contribution in [0, 0.1) is 12.3 Å². The Morgan fingerprint density at radius 3 is 2.75 bits per heavy atom. The molecule has 0 heterocycles. The van der Waals surface area contributed by atoms with E-state index in [1.54, 1.807) is 18.2 Å². The van der Waals surface area contributed by atoms with Crippen LogP contribution in [0.2, 0.25) is 10.0 Å². The average molecular weight is 256 g/mol. The first-order chi connectivity index (χ1) is 7.63. The first-order valence-corrected chi connectivity index (χ1v) is 5.49. The van der Waals surface area contributed by atoms with Crippen LogP contribution in [0.15, 0.2) is 18.2 Å². The number of rotatable bonds is 5. The van der Waals surface area contributed by atoms with Crippen molar-refractivity contribution in [3.8, 4) is 12.3 Å². The van der Waals surface area contributed by atoms with Crippen molar-refractivity contribution in [1.29, 1.82) is 0 Å². The molecule has 16 heavy (non-hydrogen) atoms. The molecule has 0 amide bonds. The first-order valence-electron chi connectivity index (χ1n) is 4.73. The van der Waals surface area contributed by atoms with E-state index in [0.717, 1.165) is 5.56 Å². The number of halogens is 2. The van der Waals surface area contributed by atoms with E-state index in [1.165, 1.54) is 0 Å². The zero-order chi connectivity index (χ0) is 12.0. The van der Waals surface area contributed by atoms with Gasteiger partial charge in [0.15, 0.2) is 5.78 Å². The molecule has 0 atom stereocenters. The molecule has 0 aromatic heterocycles. The van der Waals surface area contributed by atoms with Crippen LogP contribution in [0.25, 0.3) is 0 Å². The number of benzene rings is 1. The second kappa shape index (κ2) is 6.55. The van der Waals surface area contributed by atoms with Gasteiger partial charge in [-0.15, -0.1) is 6.42 Å². The number of carbonyl (C=O) groups is 1. The molecule has 0 fully saturated rings. The van der Waals surface area contributed by atoms with E-state index in [1.807, 2.05) is 0 Å². The second-order valence-corrected chi connectivity index (χ2v) is 4.09. The molecule has 0 aliphatic rings. The topological polar surface area (TPSA) is 29.1 Å². The van der Waals surface area contributed by atoms with Gasteiger partial charge in [-0.2, -0.15) is 0 Å². The van der Waals surface area contributed by atoms with Crippen LogP contribution < -0.4 is 5.32 Å². The number of terminal acetylenes is 1. The van der Waals surface area contributed by atoms with Gasteiger partial charge in [0.1, 0.15) is 0 Å². The Morgan fingerprint density at radius 2 is 2.12 bits per heavy atom. The Kier molecular flexibility index (Phi) is 5.34. The summed E-state index contributed by atoms with van der Waals surface area (Å²) in [5.41, 5.74) is 0.849. The summed E-state index contributed by atoms with van der Waals surface area (Å²) in [6.07, 6.45) is 5.38. The number of hydrogen-bond donors (Lipinski definition) is 1. The van der Waals surface area contributed by atoms with E-state index in [9.17, 15) is 4.79 Å². The molecule has 4 heteroatoms. The molecule has 0 unspecified atom stereocenters. The Bertz CT molecular complexity index is 424. The highest BCUT2D eigenvalue weighted by Gasteiger charge is 2.05. The minimum Gasteiger partial charge on any atom is -0.299 e. The molecule has 0 spiro atoms. The molecule has 1 aromatic rings. The lowest BCUT2D eigenvalue weighted by Crippen LogP contribution is -2.24. The van der Waals surface area contributed by atoms with Crippen molar-refractivity contribution in [3.63, 3.8) is 0 Å². The summed E-state index contributed by atoms with van der Waals surface area (Å²) >= 11 is 11.6. The van der Waals surface area contributed by atoms with E-state index in [4.69, 9.17) is 29.6 Å². The van der Waals surface area contributed by atoms with Gasteiger partial charge in [-0.25, -0.2) is 0 Å². The third-order valence-corrected chi connectivity index (χ3v) is 2.67. The molecule has 1 rings (SSSR count). The Morgan fingerprint density at radius 1 is 1.38 bits per heavy atom. The van der Waals surface area contributed by atoms with E-state index < -0.39 is 0 Å². The zero-order valence-electron chi connectivity index (χ0n) is 8.59. The molecular weight excluding hydrogens is 245 g/mol. The van der Waals surface area contributed by atoms with Gasteiger partial charge in [-0.1, -0.05) is 35.2 Å². The van der Waals surface area contributed by atoms with Crippen LogP contribution in [0.3, 0.4) is 0 Å². The highest BCUT2D eigenvalue weighted by atomic mass is 35.5. The number of nitrogens with one attached hydrogen (secondary N) is 1. The molecule has 84 valence electrons. The lowest BCUT2D eigenvalue weighted by atomic mass is 10.1. The van der Waals surface area contributed by atoms with Gasteiger partial charge < -0.3 is 0 Å². The van der Waals surface area contributed by atoms with E-state index in [2.05, 4.69) is 11.2 Å². The number of Topliss-reactive ketones (excluding diaryl/α,β-unsaturated/α-hetero) is 1. The Hall–Kier alpha value is -1.01. The molecule has 1 aromatic carbocycles. The fourth-order valence-corrected chi connectivity index (χ4v) is 1.53. The van der Waals surface area contributed by atoms with Crippen molar-refractivity contribution in [2.24, 2.45) is 0 Å². The highest BCUT2D eigenvalue weighted by Crippen LogP contribution is 2.22. The minimum absolute atomic E-state index is 0.0636. The van der Waals surface area contributed by atoms with Gasteiger partial charge in [-0.3, -0.25) is 10.1 Å². The molecule has 0 bridgehead atoms. The summed E-state index contributed by atoms with van der Waals surface area (Å²) in [7, 11) is 0. The summed E-state index contributed by atoms with van der Waals surface area (Å²) in [5.74, 6) is 2.47. The van der Waals surface area contributed by atoms with Crippen molar-refractivity contribution in [2.45, 2.75) is 6.42 Å². The quantitative estimate of drug-likeness (QED) is 0.647. The van der Waals surface area contributed by atoms with Crippen molar-refractivity contribution in [3.05, 3.63) is 33.8 Å². The smallest absolute Gasteiger partial charge is 0.150 e. The molecule has 0 saturated carbocycles. The lowest BCUT2D eigenvalue weighted by Gasteiger charge is -2.03. The molecule has 0 radical (unpaired) electrons. The molecule has 0 aliphatic carbocycles. The molecule has 2 nitrogen and oxygen atoms in total. The SMILES string of the molecule is C#CCNCC(=O)Cc1ccc(Cl)c(Cl)c1. The van der Waals surface area contributed by atoms with E-state index in [0.29, 0.717) is 23.0 Å². The molecule has 0 aliphatic heterocycles. The molecule has 0 saturated heterocycles. The lowest BCUT2D eigenvalue weighted by molar-refractivity contribution is -0.117. The third kappa shape index (κ3) is 4.24. The summed E-state index contributed by atoms with van der Waals surface area (Å²) in [6.45, 7) is 0.664. The standard InChI is InChI=1S/C12H11Cl2NO/c1-2-5-15-8-10(16)6-9-3-4-11(13)12(14)7-9/h1,3-4,7,15H,5-6,8H2. The van der Waals surface area contributed by atoms with Crippen LogP contribution in [0.5, 0.6) is 0 Å². The van der Waals surface area contributed by atoms with Gasteiger partial charge in [0.05, 0.1) is 23.1 Å².